The predicted molar refractivity (Wildman–Crippen MR) is 71.7 cm³/mol. The molecular weight excluding hydrogens is 212 g/mol. The van der Waals surface area contributed by atoms with Gasteiger partial charge in [0.05, 0.1) is 11.7 Å². The van der Waals surface area contributed by atoms with Crippen LogP contribution in [0.3, 0.4) is 0 Å². The molecule has 2 nitrogen and oxygen atoms in total. The van der Waals surface area contributed by atoms with Crippen LogP contribution >= 0.6 is 0 Å². The minimum absolute atomic E-state index is 0.115. The van der Waals surface area contributed by atoms with Crippen LogP contribution in [0.2, 0.25) is 0 Å². The van der Waals surface area contributed by atoms with Crippen molar-refractivity contribution in [3.05, 3.63) is 24.3 Å². The third-order valence-electron chi connectivity index (χ3n) is 4.35. The first kappa shape index (κ1) is 14.5. The van der Waals surface area contributed by atoms with Gasteiger partial charge >= 0.3 is 0 Å². The molecule has 0 aromatic rings. The molecule has 1 aliphatic rings. The monoisotopic (exact) mass is 238 g/mol. The summed E-state index contributed by atoms with van der Waals surface area (Å²) in [6.45, 7) is 11.8. The fraction of sp³-hybridized carbons (Fsp3) is 0.733. The third-order valence-corrected chi connectivity index (χ3v) is 4.35. The maximum absolute atomic E-state index is 10.1. The number of hydrogen-bond donors (Lipinski definition) is 2. The van der Waals surface area contributed by atoms with E-state index in [1.165, 1.54) is 5.57 Å². The third kappa shape index (κ3) is 3.20. The molecule has 17 heavy (non-hydrogen) atoms. The van der Waals surface area contributed by atoms with Gasteiger partial charge in [0, 0.05) is 0 Å². The number of aliphatic hydroxyl groups excluding tert-OH is 1. The summed E-state index contributed by atoms with van der Waals surface area (Å²) in [5, 5.41) is 20.1. The van der Waals surface area contributed by atoms with E-state index in [1.807, 2.05) is 0 Å². The Morgan fingerprint density at radius 3 is 2.71 bits per heavy atom. The van der Waals surface area contributed by atoms with Crippen LogP contribution in [0.1, 0.15) is 47.0 Å². The molecule has 98 valence electrons. The summed E-state index contributed by atoms with van der Waals surface area (Å²) in [7, 11) is 0. The second kappa shape index (κ2) is 4.95. The topological polar surface area (TPSA) is 40.5 Å². The molecule has 0 fully saturated rings. The average molecular weight is 238 g/mol. The number of aliphatic hydroxyl groups is 2. The van der Waals surface area contributed by atoms with Gasteiger partial charge in [-0.05, 0) is 44.4 Å². The summed E-state index contributed by atoms with van der Waals surface area (Å²) in [5.74, 6) is 0.331. The van der Waals surface area contributed by atoms with E-state index in [0.29, 0.717) is 12.3 Å². The number of hydrogen-bond acceptors (Lipinski definition) is 2. The molecule has 0 aliphatic heterocycles. The minimum atomic E-state index is -0.807. The second-order valence-electron chi connectivity index (χ2n) is 6.17. The van der Waals surface area contributed by atoms with Gasteiger partial charge in [0.25, 0.3) is 0 Å². The smallest absolute Gasteiger partial charge is 0.0797 e. The highest BCUT2D eigenvalue weighted by atomic mass is 16.3. The van der Waals surface area contributed by atoms with E-state index in [2.05, 4.69) is 33.4 Å². The number of allylic oxidation sites excluding steroid dienone is 1. The normalized spacial score (nSPS) is 31.5. The van der Waals surface area contributed by atoms with E-state index >= 15 is 0 Å². The summed E-state index contributed by atoms with van der Waals surface area (Å²) in [6, 6.07) is 0. The summed E-state index contributed by atoms with van der Waals surface area (Å²) in [5.41, 5.74) is 0.412. The van der Waals surface area contributed by atoms with Gasteiger partial charge in [-0.3, -0.25) is 0 Å². The molecule has 0 amide bonds. The molecular formula is C15H26O2. The molecule has 1 aliphatic carbocycles. The maximum atomic E-state index is 10.1. The lowest BCUT2D eigenvalue weighted by Crippen LogP contribution is -2.40. The highest BCUT2D eigenvalue weighted by Gasteiger charge is 2.39. The van der Waals surface area contributed by atoms with Crippen molar-refractivity contribution in [3.63, 3.8) is 0 Å². The van der Waals surface area contributed by atoms with E-state index in [0.717, 1.165) is 12.8 Å². The highest BCUT2D eigenvalue weighted by Crippen LogP contribution is 2.44. The van der Waals surface area contributed by atoms with Crippen LogP contribution in [0.4, 0.5) is 0 Å². The molecule has 2 heteroatoms. The van der Waals surface area contributed by atoms with Crippen molar-refractivity contribution < 1.29 is 10.2 Å². The van der Waals surface area contributed by atoms with Gasteiger partial charge in [-0.25, -0.2) is 0 Å². The van der Waals surface area contributed by atoms with Crippen LogP contribution < -0.4 is 0 Å². The summed E-state index contributed by atoms with van der Waals surface area (Å²) < 4.78 is 0. The molecule has 0 heterocycles. The van der Waals surface area contributed by atoms with Crippen molar-refractivity contribution in [1.29, 1.82) is 0 Å². The van der Waals surface area contributed by atoms with Crippen LogP contribution in [0.25, 0.3) is 0 Å². The second-order valence-corrected chi connectivity index (χ2v) is 6.17. The van der Waals surface area contributed by atoms with Gasteiger partial charge in [-0.2, -0.15) is 0 Å². The Kier molecular flexibility index (Phi) is 4.21. The lowest BCUT2D eigenvalue weighted by Gasteiger charge is -2.43. The zero-order valence-electron chi connectivity index (χ0n) is 11.5. The lowest BCUT2D eigenvalue weighted by atomic mass is 9.65. The largest absolute Gasteiger partial charge is 0.392 e. The van der Waals surface area contributed by atoms with Gasteiger partial charge in [-0.1, -0.05) is 31.6 Å². The Morgan fingerprint density at radius 1 is 1.59 bits per heavy atom. The lowest BCUT2D eigenvalue weighted by molar-refractivity contribution is -0.0000991. The first-order chi connectivity index (χ1) is 7.70. The summed E-state index contributed by atoms with van der Waals surface area (Å²) in [6.07, 6.45) is 5.74. The molecule has 0 spiro atoms. The van der Waals surface area contributed by atoms with Crippen molar-refractivity contribution in [2.45, 2.75) is 58.7 Å². The molecule has 2 N–H and O–H groups in total. The van der Waals surface area contributed by atoms with Crippen LogP contribution in [-0.4, -0.2) is 21.9 Å². The predicted octanol–water partition coefficient (Wildman–Crippen LogP) is 3.06. The molecule has 0 saturated heterocycles. The molecule has 0 aromatic heterocycles. The standard InChI is InChI=1S/C15H26O2/c1-6-15(5,17)10-9-12-11(2)7-8-13(16)14(12,3)4/h6-7,12-13,16-17H,1,8-10H2,2-5H3/t12-,13+,15?/m1/s1. The molecule has 0 aromatic carbocycles. The molecule has 1 unspecified atom stereocenters. The summed E-state index contributed by atoms with van der Waals surface area (Å²) >= 11 is 0. The first-order valence-electron chi connectivity index (χ1n) is 6.41. The van der Waals surface area contributed by atoms with Gasteiger partial charge in [0.1, 0.15) is 0 Å². The number of rotatable bonds is 4. The zero-order valence-corrected chi connectivity index (χ0v) is 11.5. The van der Waals surface area contributed by atoms with Crippen molar-refractivity contribution in [3.8, 4) is 0 Å². The Hall–Kier alpha value is -0.600. The van der Waals surface area contributed by atoms with Crippen LogP contribution in [0.15, 0.2) is 24.3 Å². The van der Waals surface area contributed by atoms with Crippen molar-refractivity contribution in [1.82, 2.24) is 0 Å². The van der Waals surface area contributed by atoms with Gasteiger partial charge in [-0.15, -0.1) is 6.58 Å². The van der Waals surface area contributed by atoms with Crippen molar-refractivity contribution >= 4 is 0 Å². The quantitative estimate of drug-likeness (QED) is 0.739. The van der Waals surface area contributed by atoms with E-state index in [1.54, 1.807) is 13.0 Å². The average Bonchev–Trinajstić information content (AvgIpc) is 2.23. The Bertz CT molecular complexity index is 313. The Labute approximate surface area is 105 Å². The molecule has 0 radical (unpaired) electrons. The Morgan fingerprint density at radius 2 is 2.18 bits per heavy atom. The van der Waals surface area contributed by atoms with Crippen LogP contribution in [0, 0.1) is 11.3 Å². The van der Waals surface area contributed by atoms with E-state index in [4.69, 9.17) is 0 Å². The fourth-order valence-corrected chi connectivity index (χ4v) is 2.70. The van der Waals surface area contributed by atoms with E-state index < -0.39 is 5.60 Å². The molecule has 3 atom stereocenters. The Balaban J connectivity index is 2.77. The highest BCUT2D eigenvalue weighted by molar-refractivity contribution is 5.15. The SMILES string of the molecule is C=CC(C)(O)CC[C@@H]1C(C)=CC[C@H](O)C1(C)C. The zero-order chi connectivity index (χ0) is 13.3. The van der Waals surface area contributed by atoms with Crippen LogP contribution in [0.5, 0.6) is 0 Å². The minimum Gasteiger partial charge on any atom is -0.392 e. The fourth-order valence-electron chi connectivity index (χ4n) is 2.70. The summed E-state index contributed by atoms with van der Waals surface area (Å²) in [4.78, 5) is 0. The van der Waals surface area contributed by atoms with Gasteiger partial charge < -0.3 is 10.2 Å². The molecule has 0 saturated carbocycles. The van der Waals surface area contributed by atoms with Gasteiger partial charge in [0.2, 0.25) is 0 Å². The maximum Gasteiger partial charge on any atom is 0.0797 e. The molecule has 0 bridgehead atoms. The van der Waals surface area contributed by atoms with Crippen molar-refractivity contribution in [2.75, 3.05) is 0 Å². The van der Waals surface area contributed by atoms with Crippen LogP contribution in [-0.2, 0) is 0 Å². The van der Waals surface area contributed by atoms with E-state index in [-0.39, 0.29) is 11.5 Å². The van der Waals surface area contributed by atoms with E-state index in [9.17, 15) is 10.2 Å². The van der Waals surface area contributed by atoms with Gasteiger partial charge in [0.15, 0.2) is 0 Å². The van der Waals surface area contributed by atoms with Crippen molar-refractivity contribution in [2.24, 2.45) is 11.3 Å². The molecule has 1 rings (SSSR count). The first-order valence-corrected chi connectivity index (χ1v) is 6.41.